The van der Waals surface area contributed by atoms with Crippen molar-refractivity contribution in [3.8, 4) is 0 Å². The van der Waals surface area contributed by atoms with Gasteiger partial charge in [0.1, 0.15) is 0 Å². The molecule has 0 spiro atoms. The van der Waals surface area contributed by atoms with E-state index in [0.717, 1.165) is 18.2 Å². The largest absolute Gasteiger partial charge is 0.237 e. The van der Waals surface area contributed by atoms with E-state index in [9.17, 15) is 12.8 Å². The minimum absolute atomic E-state index is 0.101. The van der Waals surface area contributed by atoms with Gasteiger partial charge in [0, 0.05) is 6.42 Å². The van der Waals surface area contributed by atoms with Gasteiger partial charge in [0.15, 0.2) is 0 Å². The number of allylic oxidation sites excluding steroid dienone is 3. The summed E-state index contributed by atoms with van der Waals surface area (Å²) in [6.07, 6.45) is 3.00. The predicted octanol–water partition coefficient (Wildman–Crippen LogP) is 1.02. The molecule has 1 aliphatic carbocycles. The lowest BCUT2D eigenvalue weighted by molar-refractivity contribution is 0.347. The van der Waals surface area contributed by atoms with Crippen LogP contribution in [0.15, 0.2) is 23.1 Å². The van der Waals surface area contributed by atoms with Gasteiger partial charge in [0.25, 0.3) is 0 Å². The molecule has 6 heteroatoms. The van der Waals surface area contributed by atoms with Gasteiger partial charge >= 0.3 is 0 Å². The Morgan fingerprint density at radius 1 is 1.67 bits per heavy atom. The average molecular weight is 212 g/mol. The molecule has 0 heterocycles. The number of sulfonamides is 1. The third kappa shape index (κ3) is 2.30. The Labute approximate surface area is 74.7 Å². The number of halogens is 2. The maximum atomic E-state index is 12.8. The van der Waals surface area contributed by atoms with Crippen molar-refractivity contribution in [2.45, 2.75) is 11.5 Å². The molecule has 0 fully saturated rings. The molecule has 0 aromatic rings. The Hall–Kier alpha value is -0.390. The summed E-state index contributed by atoms with van der Waals surface area (Å²) >= 11 is 5.25. The van der Waals surface area contributed by atoms with E-state index in [1.54, 1.807) is 0 Å². The lowest BCUT2D eigenvalue weighted by atomic mass is 10.1. The molecule has 1 aliphatic rings. The normalized spacial score (nSPS) is 30.1. The van der Waals surface area contributed by atoms with E-state index < -0.39 is 15.2 Å². The van der Waals surface area contributed by atoms with E-state index in [0.29, 0.717) is 0 Å². The van der Waals surface area contributed by atoms with Crippen molar-refractivity contribution in [3.63, 3.8) is 0 Å². The van der Waals surface area contributed by atoms with E-state index in [4.69, 9.17) is 16.7 Å². The average Bonchev–Trinajstić information content (AvgIpc) is 1.83. The molecule has 1 rings (SSSR count). The first-order chi connectivity index (χ1) is 5.31. The van der Waals surface area contributed by atoms with Gasteiger partial charge in [0.05, 0.1) is 4.91 Å². The maximum absolute atomic E-state index is 12.8. The highest BCUT2D eigenvalue weighted by Gasteiger charge is 2.26. The van der Waals surface area contributed by atoms with Crippen LogP contribution in [0.25, 0.3) is 0 Å². The van der Waals surface area contributed by atoms with Gasteiger partial charge in [-0.25, -0.2) is 17.9 Å². The molecule has 12 heavy (non-hydrogen) atoms. The third-order valence-corrected chi connectivity index (χ3v) is 2.64. The fourth-order valence-electron chi connectivity index (χ4n) is 0.788. The molecular weight excluding hydrogens is 205 g/mol. The lowest BCUT2D eigenvalue weighted by Gasteiger charge is -2.15. The molecule has 2 N–H and O–H groups in total. The molecule has 1 atom stereocenters. The van der Waals surface area contributed by atoms with Crippen molar-refractivity contribution >= 4 is 21.6 Å². The first-order valence-electron chi connectivity index (χ1n) is 3.11. The molecular formula is C6H7ClFNO2S. The summed E-state index contributed by atoms with van der Waals surface area (Å²) in [6, 6.07) is 0. The summed E-state index contributed by atoms with van der Waals surface area (Å²) in [5, 5.41) is 2.81. The van der Waals surface area contributed by atoms with Crippen LogP contribution in [0.1, 0.15) is 6.42 Å². The van der Waals surface area contributed by atoms with E-state index in [-0.39, 0.29) is 11.3 Å². The Morgan fingerprint density at radius 2 is 2.25 bits per heavy atom. The molecule has 0 aromatic heterocycles. The maximum Gasteiger partial charge on any atom is 0.237 e. The number of nitrogens with two attached hydrogens (primary N) is 1. The molecule has 3 nitrogen and oxygen atoms in total. The Kier molecular flexibility index (Phi) is 2.29. The van der Waals surface area contributed by atoms with Crippen molar-refractivity contribution in [2.75, 3.05) is 0 Å². The number of hydrogen-bond donors (Lipinski definition) is 1. The predicted molar refractivity (Wildman–Crippen MR) is 44.6 cm³/mol. The summed E-state index contributed by atoms with van der Waals surface area (Å²) in [4.78, 5) is -0.101. The summed E-state index contributed by atoms with van der Waals surface area (Å²) in [7, 11) is -3.73. The van der Waals surface area contributed by atoms with Gasteiger partial charge in [0.2, 0.25) is 15.2 Å². The number of hydrogen-bond acceptors (Lipinski definition) is 2. The molecule has 0 radical (unpaired) electrons. The highest BCUT2D eigenvalue weighted by atomic mass is 35.5. The standard InChI is InChI=1S/C6H7ClFNO2S/c7-6(8)3-1-5(2-4-6)12(9,10)11/h1-3H,4H2,(H2,9,10,11). The molecule has 0 amide bonds. The molecule has 0 saturated heterocycles. The Morgan fingerprint density at radius 3 is 2.58 bits per heavy atom. The SMILES string of the molecule is NS(=O)(=O)C1=CCC(F)(Cl)C=C1. The number of rotatable bonds is 1. The highest BCUT2D eigenvalue weighted by Crippen LogP contribution is 2.29. The fourth-order valence-corrected chi connectivity index (χ4v) is 1.50. The second-order valence-corrected chi connectivity index (χ2v) is 4.64. The molecule has 0 aromatic carbocycles. The molecule has 1 unspecified atom stereocenters. The second-order valence-electron chi connectivity index (χ2n) is 2.45. The quantitative estimate of drug-likeness (QED) is 0.659. The van der Waals surface area contributed by atoms with Crippen molar-refractivity contribution in [2.24, 2.45) is 5.14 Å². The van der Waals surface area contributed by atoms with Crippen molar-refractivity contribution in [1.82, 2.24) is 0 Å². The van der Waals surface area contributed by atoms with Crippen LogP contribution in [0.2, 0.25) is 0 Å². The number of primary sulfonamides is 1. The molecule has 0 saturated carbocycles. The number of alkyl halides is 2. The van der Waals surface area contributed by atoms with Crippen LogP contribution < -0.4 is 5.14 Å². The molecule has 0 bridgehead atoms. The van der Waals surface area contributed by atoms with Crippen LogP contribution in [0.3, 0.4) is 0 Å². The van der Waals surface area contributed by atoms with Gasteiger partial charge in [-0.2, -0.15) is 0 Å². The van der Waals surface area contributed by atoms with Crippen molar-refractivity contribution < 1.29 is 12.8 Å². The summed E-state index contributed by atoms with van der Waals surface area (Å²) in [5.74, 6) is 0. The zero-order chi connectivity index (χ0) is 9.41. The van der Waals surface area contributed by atoms with Crippen LogP contribution in [0, 0.1) is 0 Å². The van der Waals surface area contributed by atoms with E-state index in [1.807, 2.05) is 0 Å². The molecule has 0 aliphatic heterocycles. The minimum atomic E-state index is -3.73. The monoisotopic (exact) mass is 211 g/mol. The summed E-state index contributed by atoms with van der Waals surface area (Å²) < 4.78 is 34.2. The van der Waals surface area contributed by atoms with Crippen molar-refractivity contribution in [3.05, 3.63) is 23.1 Å². The summed E-state index contributed by atoms with van der Waals surface area (Å²) in [6.45, 7) is 0. The highest BCUT2D eigenvalue weighted by molar-refractivity contribution is 7.93. The van der Waals surface area contributed by atoms with E-state index in [1.165, 1.54) is 0 Å². The Balaban J connectivity index is 2.93. The van der Waals surface area contributed by atoms with Gasteiger partial charge in [-0.05, 0) is 12.2 Å². The topological polar surface area (TPSA) is 60.2 Å². The summed E-state index contributed by atoms with van der Waals surface area (Å²) in [5.41, 5.74) is 0. The van der Waals surface area contributed by atoms with Gasteiger partial charge < -0.3 is 0 Å². The van der Waals surface area contributed by atoms with Crippen LogP contribution in [-0.2, 0) is 10.0 Å². The third-order valence-electron chi connectivity index (χ3n) is 1.40. The molecule has 68 valence electrons. The smallest absolute Gasteiger partial charge is 0.225 e. The van der Waals surface area contributed by atoms with E-state index >= 15 is 0 Å². The fraction of sp³-hybridized carbons (Fsp3) is 0.333. The zero-order valence-electron chi connectivity index (χ0n) is 6.00. The van der Waals surface area contributed by atoms with Crippen LogP contribution in [-0.4, -0.2) is 13.5 Å². The van der Waals surface area contributed by atoms with Gasteiger partial charge in [-0.3, -0.25) is 0 Å². The minimum Gasteiger partial charge on any atom is -0.225 e. The first kappa shape index (κ1) is 9.70. The Bertz CT molecular complexity index is 345. The van der Waals surface area contributed by atoms with Crippen molar-refractivity contribution in [1.29, 1.82) is 0 Å². The zero-order valence-corrected chi connectivity index (χ0v) is 7.57. The van der Waals surface area contributed by atoms with Crippen LogP contribution in [0.5, 0.6) is 0 Å². The lowest BCUT2D eigenvalue weighted by Crippen LogP contribution is -2.19. The first-order valence-corrected chi connectivity index (χ1v) is 5.04. The van der Waals surface area contributed by atoms with Crippen LogP contribution >= 0.6 is 11.6 Å². The van der Waals surface area contributed by atoms with E-state index in [2.05, 4.69) is 0 Å². The van der Waals surface area contributed by atoms with Gasteiger partial charge in [-0.1, -0.05) is 17.7 Å². The van der Waals surface area contributed by atoms with Gasteiger partial charge in [-0.15, -0.1) is 0 Å². The second kappa shape index (κ2) is 2.83. The van der Waals surface area contributed by atoms with Crippen LogP contribution in [0.4, 0.5) is 4.39 Å².